The summed E-state index contributed by atoms with van der Waals surface area (Å²) in [5.41, 5.74) is 2.37. The minimum Gasteiger partial charge on any atom is -0.504 e. The SMILES string of the molecule is CCc1c(N2CCN(C(=O)c3ncnc(C)c3O)CC2)c(=O)n2nc(-c3ccc4scnc4c3)nc2n1CC(=O)Nc1ccc(C(F)(F)F)cc1Cl. The normalized spacial score (nSPS) is 13.7. The molecule has 14 nitrogen and oxygen atoms in total. The topological polar surface area (TPSA) is 164 Å². The second kappa shape index (κ2) is 13.5. The van der Waals surface area contributed by atoms with Crippen molar-refractivity contribution in [2.45, 2.75) is 33.0 Å². The molecule has 5 heterocycles. The van der Waals surface area contributed by atoms with Gasteiger partial charge in [0.25, 0.3) is 11.5 Å². The first-order valence-corrected chi connectivity index (χ1v) is 17.2. The zero-order valence-corrected chi connectivity index (χ0v) is 29.1. The number of halogens is 4. The van der Waals surface area contributed by atoms with Crippen molar-refractivity contribution >= 4 is 62.1 Å². The van der Waals surface area contributed by atoms with E-state index in [0.29, 0.717) is 11.3 Å². The summed E-state index contributed by atoms with van der Waals surface area (Å²) in [5.74, 6) is -1.15. The Kier molecular flexibility index (Phi) is 9.04. The van der Waals surface area contributed by atoms with Gasteiger partial charge < -0.3 is 24.8 Å². The van der Waals surface area contributed by atoms with E-state index in [9.17, 15) is 32.7 Å². The second-order valence-corrected chi connectivity index (χ2v) is 13.2. The number of aromatic hydroxyl groups is 1. The Morgan fingerprint density at radius 3 is 2.54 bits per heavy atom. The zero-order chi connectivity index (χ0) is 36.9. The molecule has 2 aromatic carbocycles. The summed E-state index contributed by atoms with van der Waals surface area (Å²) in [4.78, 5) is 61.3. The molecule has 7 rings (SSSR count). The van der Waals surface area contributed by atoms with Crippen LogP contribution in [0.25, 0.3) is 27.4 Å². The summed E-state index contributed by atoms with van der Waals surface area (Å²) in [7, 11) is 0. The molecule has 2 N–H and O–H groups in total. The van der Waals surface area contributed by atoms with Crippen LogP contribution in [-0.2, 0) is 23.9 Å². The summed E-state index contributed by atoms with van der Waals surface area (Å²) < 4.78 is 43.3. The Labute approximate surface area is 301 Å². The van der Waals surface area contributed by atoms with Gasteiger partial charge in [-0.1, -0.05) is 18.5 Å². The highest BCUT2D eigenvalue weighted by atomic mass is 35.5. The zero-order valence-electron chi connectivity index (χ0n) is 27.5. The van der Waals surface area contributed by atoms with E-state index >= 15 is 0 Å². The first kappa shape index (κ1) is 34.8. The van der Waals surface area contributed by atoms with Crippen LogP contribution in [0.3, 0.4) is 0 Å². The number of carbonyl (C=O) groups is 2. The molecule has 52 heavy (non-hydrogen) atoms. The van der Waals surface area contributed by atoms with E-state index in [2.05, 4.69) is 30.4 Å². The molecule has 1 fully saturated rings. The number of fused-ring (bicyclic) bond motifs is 2. The number of thiazole rings is 1. The maximum atomic E-state index is 14.3. The van der Waals surface area contributed by atoms with E-state index < -0.39 is 35.7 Å². The largest absolute Gasteiger partial charge is 0.504 e. The van der Waals surface area contributed by atoms with Gasteiger partial charge in [0.1, 0.15) is 18.6 Å². The maximum Gasteiger partial charge on any atom is 0.416 e. The molecule has 0 saturated carbocycles. The van der Waals surface area contributed by atoms with Crippen LogP contribution in [0.15, 0.2) is 53.0 Å². The molecule has 268 valence electrons. The van der Waals surface area contributed by atoms with Gasteiger partial charge >= 0.3 is 6.18 Å². The molecule has 0 aliphatic carbocycles. The molecule has 1 saturated heterocycles. The number of hydrogen-bond acceptors (Lipinski definition) is 11. The number of nitrogens with zero attached hydrogens (tertiary/aromatic N) is 9. The van der Waals surface area contributed by atoms with E-state index in [1.54, 1.807) is 34.0 Å². The summed E-state index contributed by atoms with van der Waals surface area (Å²) in [6.45, 7) is 3.79. The van der Waals surface area contributed by atoms with Crippen LogP contribution in [-0.4, -0.2) is 82.1 Å². The van der Waals surface area contributed by atoms with Crippen LogP contribution in [0, 0.1) is 6.92 Å². The molecule has 0 unspecified atom stereocenters. The average molecular weight is 753 g/mol. The van der Waals surface area contributed by atoms with Gasteiger partial charge in [0.2, 0.25) is 11.7 Å². The number of aromatic nitrogens is 7. The molecule has 4 aromatic heterocycles. The van der Waals surface area contributed by atoms with E-state index in [1.165, 1.54) is 22.6 Å². The molecule has 0 bridgehead atoms. The minimum atomic E-state index is -4.62. The van der Waals surface area contributed by atoms with E-state index in [1.807, 2.05) is 13.0 Å². The van der Waals surface area contributed by atoms with Crippen LogP contribution >= 0.6 is 22.9 Å². The highest BCUT2D eigenvalue weighted by molar-refractivity contribution is 7.16. The Hall–Kier alpha value is -5.62. The summed E-state index contributed by atoms with van der Waals surface area (Å²) in [6, 6.07) is 8.08. The van der Waals surface area contributed by atoms with Crippen LogP contribution in [0.2, 0.25) is 5.02 Å². The molecule has 2 amide bonds. The lowest BCUT2D eigenvalue weighted by molar-refractivity contribution is -0.137. The quantitative estimate of drug-likeness (QED) is 0.232. The van der Waals surface area contributed by atoms with Crippen molar-refractivity contribution in [2.75, 3.05) is 36.4 Å². The third-order valence-electron chi connectivity index (χ3n) is 8.71. The summed E-state index contributed by atoms with van der Waals surface area (Å²) in [6.07, 6.45) is -3.15. The van der Waals surface area contributed by atoms with Gasteiger partial charge in [0.15, 0.2) is 17.3 Å². The van der Waals surface area contributed by atoms with Gasteiger partial charge in [-0.05, 0) is 49.7 Å². The monoisotopic (exact) mass is 752 g/mol. The second-order valence-electron chi connectivity index (χ2n) is 11.9. The fourth-order valence-electron chi connectivity index (χ4n) is 6.08. The number of carbonyl (C=O) groups excluding carboxylic acids is 2. The molecular weight excluding hydrogens is 725 g/mol. The number of hydrogen-bond donors (Lipinski definition) is 2. The smallest absolute Gasteiger partial charge is 0.416 e. The highest BCUT2D eigenvalue weighted by Gasteiger charge is 2.32. The van der Waals surface area contributed by atoms with Crippen LogP contribution in [0.4, 0.5) is 24.5 Å². The van der Waals surface area contributed by atoms with Gasteiger partial charge in [0, 0.05) is 31.7 Å². The van der Waals surface area contributed by atoms with Crippen molar-refractivity contribution in [3.05, 3.63) is 86.3 Å². The average Bonchev–Trinajstić information content (AvgIpc) is 3.79. The highest BCUT2D eigenvalue weighted by Crippen LogP contribution is 2.34. The lowest BCUT2D eigenvalue weighted by atomic mass is 10.2. The summed E-state index contributed by atoms with van der Waals surface area (Å²) >= 11 is 7.59. The van der Waals surface area contributed by atoms with Crippen LogP contribution < -0.4 is 15.8 Å². The molecule has 0 atom stereocenters. The Bertz CT molecular complexity index is 2440. The number of benzene rings is 2. The van der Waals surface area contributed by atoms with Crippen molar-refractivity contribution in [2.24, 2.45) is 0 Å². The molecule has 0 radical (unpaired) electrons. The Morgan fingerprint density at radius 1 is 1.06 bits per heavy atom. The third kappa shape index (κ3) is 6.38. The number of anilines is 2. The number of amides is 2. The first-order chi connectivity index (χ1) is 24.8. The fourth-order valence-corrected chi connectivity index (χ4v) is 6.97. The van der Waals surface area contributed by atoms with Crippen LogP contribution in [0.5, 0.6) is 5.75 Å². The lowest BCUT2D eigenvalue weighted by Crippen LogP contribution is -2.51. The minimum absolute atomic E-state index is 0.0283. The number of rotatable bonds is 7. The van der Waals surface area contributed by atoms with Gasteiger partial charge in [-0.15, -0.1) is 16.4 Å². The van der Waals surface area contributed by atoms with E-state index in [-0.39, 0.29) is 77.7 Å². The predicted molar refractivity (Wildman–Crippen MR) is 187 cm³/mol. The van der Waals surface area contributed by atoms with Crippen molar-refractivity contribution in [1.82, 2.24) is 39.0 Å². The fraction of sp³-hybridized carbons (Fsp3) is 0.273. The molecular formula is C33H28ClF3N10O4S. The Balaban J connectivity index is 1.26. The van der Waals surface area contributed by atoms with Gasteiger partial charge in [-0.3, -0.25) is 14.4 Å². The number of alkyl halides is 3. The van der Waals surface area contributed by atoms with Crippen molar-refractivity contribution in [3.63, 3.8) is 0 Å². The molecule has 6 aromatic rings. The van der Waals surface area contributed by atoms with Gasteiger partial charge in [0.05, 0.1) is 43.4 Å². The van der Waals surface area contributed by atoms with Gasteiger partial charge in [-0.25, -0.2) is 15.0 Å². The predicted octanol–water partition coefficient (Wildman–Crippen LogP) is 4.81. The first-order valence-electron chi connectivity index (χ1n) is 15.9. The van der Waals surface area contributed by atoms with Crippen molar-refractivity contribution in [3.8, 4) is 17.1 Å². The van der Waals surface area contributed by atoms with Crippen molar-refractivity contribution in [1.29, 1.82) is 0 Å². The molecule has 19 heteroatoms. The van der Waals surface area contributed by atoms with E-state index in [4.69, 9.17) is 11.6 Å². The Morgan fingerprint density at radius 2 is 1.83 bits per heavy atom. The van der Waals surface area contributed by atoms with Crippen LogP contribution in [0.1, 0.15) is 34.4 Å². The molecule has 1 aliphatic rings. The third-order valence-corrected chi connectivity index (χ3v) is 9.83. The van der Waals surface area contributed by atoms with Gasteiger partial charge in [-0.2, -0.15) is 22.7 Å². The number of nitrogens with one attached hydrogen (secondary N) is 1. The lowest BCUT2D eigenvalue weighted by Gasteiger charge is -2.36. The molecule has 1 aliphatic heterocycles. The van der Waals surface area contributed by atoms with Crippen molar-refractivity contribution < 1.29 is 27.9 Å². The number of aryl methyl sites for hydroxylation is 1. The molecule has 0 spiro atoms. The standard InChI is InChI=1S/C33H28ClF3N10O4S/c1-3-23-27(44-8-10-45(11-9-44)30(50)26-28(49)17(2)38-15-39-26)31(51)47-32(42-29(43-47)18-4-7-24-22(12-18)40-16-52-24)46(23)14-25(48)41-21-6-5-19(13-20(21)34)33(35,36)37/h4-7,12-13,15-16,49H,3,8-11,14H2,1-2H3,(H,41,48). The maximum absolute atomic E-state index is 14.3. The number of piperazine rings is 1. The van der Waals surface area contributed by atoms with E-state index in [0.717, 1.165) is 32.9 Å². The summed E-state index contributed by atoms with van der Waals surface area (Å²) in [5, 5.41) is 17.2.